The van der Waals surface area contributed by atoms with Crippen LogP contribution in [0.15, 0.2) is 47.9 Å². The number of halogens is 1. The molecular formula is C12H9FN4O2S. The first-order valence-electron chi connectivity index (χ1n) is 5.62. The van der Waals surface area contributed by atoms with E-state index in [1.54, 1.807) is 12.3 Å². The molecule has 2 aromatic heterocycles. The van der Waals surface area contributed by atoms with Gasteiger partial charge in [0.25, 0.3) is 10.0 Å². The van der Waals surface area contributed by atoms with Crippen LogP contribution in [0.5, 0.6) is 0 Å². The third-order valence-electron chi connectivity index (χ3n) is 2.72. The lowest BCUT2D eigenvalue weighted by Crippen LogP contribution is -2.15. The summed E-state index contributed by atoms with van der Waals surface area (Å²) in [5.74, 6) is -0.755. The first-order valence-corrected chi connectivity index (χ1v) is 7.10. The average Bonchev–Trinajstić information content (AvgIpc) is 2.85. The smallest absolute Gasteiger partial charge is 0.265 e. The summed E-state index contributed by atoms with van der Waals surface area (Å²) in [6.45, 7) is 0. The molecule has 8 heteroatoms. The fraction of sp³-hybridized carbons (Fsp3) is 0. The molecule has 1 aromatic carbocycles. The topological polar surface area (TPSA) is 87.7 Å². The molecule has 0 spiro atoms. The van der Waals surface area contributed by atoms with Gasteiger partial charge in [-0.25, -0.2) is 22.8 Å². The maximum Gasteiger partial charge on any atom is 0.265 e. The van der Waals surface area contributed by atoms with E-state index < -0.39 is 20.7 Å². The van der Waals surface area contributed by atoms with Crippen LogP contribution in [0.2, 0.25) is 0 Å². The van der Waals surface area contributed by atoms with E-state index in [0.717, 1.165) is 6.07 Å². The van der Waals surface area contributed by atoms with E-state index in [1.165, 1.54) is 24.7 Å². The van der Waals surface area contributed by atoms with Crippen molar-refractivity contribution in [2.75, 3.05) is 4.72 Å². The Bertz CT molecular complexity index is 862. The van der Waals surface area contributed by atoms with Gasteiger partial charge in [0.1, 0.15) is 22.9 Å². The van der Waals surface area contributed by atoms with Gasteiger partial charge in [-0.3, -0.25) is 4.72 Å². The van der Waals surface area contributed by atoms with Crippen molar-refractivity contribution in [1.29, 1.82) is 0 Å². The highest BCUT2D eigenvalue weighted by Crippen LogP contribution is 2.23. The summed E-state index contributed by atoms with van der Waals surface area (Å²) in [6.07, 6.45) is 4.19. The zero-order chi connectivity index (χ0) is 14.2. The Labute approximate surface area is 113 Å². The third-order valence-corrected chi connectivity index (χ3v) is 4.09. The van der Waals surface area contributed by atoms with Crippen LogP contribution in [-0.4, -0.2) is 23.4 Å². The van der Waals surface area contributed by atoms with Crippen LogP contribution in [0.3, 0.4) is 0 Å². The summed E-state index contributed by atoms with van der Waals surface area (Å²) in [5.41, 5.74) is 0.531. The molecule has 6 nitrogen and oxygen atoms in total. The van der Waals surface area contributed by atoms with Gasteiger partial charge in [-0.2, -0.15) is 0 Å². The highest BCUT2D eigenvalue weighted by atomic mass is 32.2. The Morgan fingerprint density at radius 1 is 1.25 bits per heavy atom. The van der Waals surface area contributed by atoms with Crippen molar-refractivity contribution in [2.24, 2.45) is 0 Å². The molecule has 2 N–H and O–H groups in total. The van der Waals surface area contributed by atoms with E-state index in [4.69, 9.17) is 0 Å². The molecule has 2 heterocycles. The van der Waals surface area contributed by atoms with Crippen LogP contribution >= 0.6 is 0 Å². The lowest BCUT2D eigenvalue weighted by molar-refractivity contribution is 0.571. The summed E-state index contributed by atoms with van der Waals surface area (Å²) in [6, 6.07) is 5.46. The molecule has 0 aliphatic carbocycles. The number of benzene rings is 1. The van der Waals surface area contributed by atoms with Crippen molar-refractivity contribution in [1.82, 2.24) is 15.0 Å². The van der Waals surface area contributed by atoms with Gasteiger partial charge in [0.05, 0.1) is 0 Å². The summed E-state index contributed by atoms with van der Waals surface area (Å²) in [4.78, 5) is 9.80. The molecule has 0 saturated carbocycles. The lowest BCUT2D eigenvalue weighted by atomic mass is 10.2. The number of rotatable bonds is 3. The Morgan fingerprint density at radius 3 is 2.85 bits per heavy atom. The van der Waals surface area contributed by atoms with Crippen molar-refractivity contribution in [2.45, 2.75) is 4.90 Å². The van der Waals surface area contributed by atoms with E-state index in [9.17, 15) is 12.8 Å². The van der Waals surface area contributed by atoms with E-state index >= 15 is 0 Å². The van der Waals surface area contributed by atoms with Gasteiger partial charge in [0, 0.05) is 23.3 Å². The highest BCUT2D eigenvalue weighted by Gasteiger charge is 2.20. The molecule has 0 amide bonds. The van der Waals surface area contributed by atoms with Crippen molar-refractivity contribution in [3.8, 4) is 0 Å². The first-order chi connectivity index (χ1) is 9.56. The van der Waals surface area contributed by atoms with E-state index in [2.05, 4.69) is 19.7 Å². The molecule has 3 rings (SSSR count). The molecule has 0 unspecified atom stereocenters. The Hall–Kier alpha value is -2.48. The first kappa shape index (κ1) is 12.5. The minimum atomic E-state index is -4.04. The molecule has 102 valence electrons. The number of sulfonamides is 1. The second-order valence-electron chi connectivity index (χ2n) is 4.05. The molecule has 0 atom stereocenters. The second kappa shape index (κ2) is 4.57. The Balaban J connectivity index is 2.06. The number of nitrogens with zero attached hydrogens (tertiary/aromatic N) is 2. The molecule has 0 saturated heterocycles. The number of fused-ring (bicyclic) bond motifs is 1. The fourth-order valence-electron chi connectivity index (χ4n) is 1.80. The maximum absolute atomic E-state index is 13.9. The van der Waals surface area contributed by atoms with Gasteiger partial charge in [-0.15, -0.1) is 0 Å². The van der Waals surface area contributed by atoms with Gasteiger partial charge in [0.2, 0.25) is 0 Å². The molecule has 0 aliphatic rings. The summed E-state index contributed by atoms with van der Waals surface area (Å²) in [7, 11) is -4.04. The minimum Gasteiger partial charge on any atom is -0.361 e. The number of aromatic amines is 1. The van der Waals surface area contributed by atoms with Gasteiger partial charge in [-0.1, -0.05) is 0 Å². The summed E-state index contributed by atoms with van der Waals surface area (Å²) >= 11 is 0. The summed E-state index contributed by atoms with van der Waals surface area (Å²) < 4.78 is 40.5. The Kier molecular flexibility index (Phi) is 2.87. The molecule has 20 heavy (non-hydrogen) atoms. The highest BCUT2D eigenvalue weighted by molar-refractivity contribution is 7.92. The number of aromatic nitrogens is 3. The number of hydrogen-bond acceptors (Lipinski definition) is 4. The van der Waals surface area contributed by atoms with Crippen molar-refractivity contribution < 1.29 is 12.8 Å². The van der Waals surface area contributed by atoms with E-state index in [-0.39, 0.29) is 5.82 Å². The molecule has 3 aromatic rings. The molecular weight excluding hydrogens is 283 g/mol. The predicted octanol–water partition coefficient (Wildman–Crippen LogP) is 1.90. The monoisotopic (exact) mass is 292 g/mol. The van der Waals surface area contributed by atoms with Crippen molar-refractivity contribution in [3.05, 3.63) is 48.8 Å². The minimum absolute atomic E-state index is 0.0774. The van der Waals surface area contributed by atoms with E-state index in [1.807, 2.05) is 0 Å². The molecule has 0 radical (unpaired) electrons. The van der Waals surface area contributed by atoms with Crippen LogP contribution in [0.4, 0.5) is 10.2 Å². The second-order valence-corrected chi connectivity index (χ2v) is 5.70. The van der Waals surface area contributed by atoms with Crippen molar-refractivity contribution >= 4 is 26.7 Å². The molecule has 0 fully saturated rings. The lowest BCUT2D eigenvalue weighted by Gasteiger charge is -2.08. The number of hydrogen-bond donors (Lipinski definition) is 2. The number of nitrogens with one attached hydrogen (secondary N) is 2. The fourth-order valence-corrected chi connectivity index (χ4v) is 2.91. The largest absolute Gasteiger partial charge is 0.361 e. The van der Waals surface area contributed by atoms with Gasteiger partial charge in [0.15, 0.2) is 0 Å². The average molecular weight is 292 g/mol. The van der Waals surface area contributed by atoms with E-state index in [0.29, 0.717) is 10.9 Å². The van der Waals surface area contributed by atoms with Gasteiger partial charge >= 0.3 is 0 Å². The van der Waals surface area contributed by atoms with Crippen LogP contribution in [0.25, 0.3) is 10.9 Å². The predicted molar refractivity (Wildman–Crippen MR) is 71.1 cm³/mol. The molecule has 0 aliphatic heterocycles. The zero-order valence-corrected chi connectivity index (χ0v) is 10.9. The number of H-pyrrole nitrogens is 1. The zero-order valence-electron chi connectivity index (χ0n) is 10.0. The van der Waals surface area contributed by atoms with Crippen LogP contribution < -0.4 is 4.72 Å². The molecule has 0 bridgehead atoms. The Morgan fingerprint density at radius 2 is 2.10 bits per heavy atom. The van der Waals surface area contributed by atoms with Crippen molar-refractivity contribution in [3.63, 3.8) is 0 Å². The summed E-state index contributed by atoms with van der Waals surface area (Å²) in [5, 5.41) is 0.606. The quantitative estimate of drug-likeness (QED) is 0.771. The van der Waals surface area contributed by atoms with Crippen LogP contribution in [0, 0.1) is 5.82 Å². The normalized spacial score (nSPS) is 11.7. The maximum atomic E-state index is 13.9. The van der Waals surface area contributed by atoms with Crippen LogP contribution in [-0.2, 0) is 10.0 Å². The van der Waals surface area contributed by atoms with Gasteiger partial charge < -0.3 is 4.98 Å². The van der Waals surface area contributed by atoms with Gasteiger partial charge in [-0.05, 0) is 24.3 Å². The third kappa shape index (κ3) is 2.21. The van der Waals surface area contributed by atoms with Crippen LogP contribution in [0.1, 0.15) is 0 Å². The number of anilines is 1. The standard InChI is InChI=1S/C12H9FN4O2S/c13-9-6-10-8(1-4-15-10)5-11(9)20(18,19)17-12-2-3-14-7-16-12/h1-7,15H,(H,14,16,17). The SMILES string of the molecule is O=S(=O)(Nc1ccncn1)c1cc2cc[nH]c2cc1F.